The van der Waals surface area contributed by atoms with E-state index in [1.54, 1.807) is 0 Å². The van der Waals surface area contributed by atoms with Gasteiger partial charge in [0.2, 0.25) is 0 Å². The van der Waals surface area contributed by atoms with Crippen molar-refractivity contribution in [3.8, 4) is 0 Å². The normalized spacial score (nSPS) is 11.8. The van der Waals surface area contributed by atoms with Gasteiger partial charge in [0.15, 0.2) is 0 Å². The lowest BCUT2D eigenvalue weighted by Gasteiger charge is -2.05. The van der Waals surface area contributed by atoms with Crippen molar-refractivity contribution in [1.82, 2.24) is 0 Å². The molecule has 0 saturated heterocycles. The molecule has 0 rings (SSSR count). The van der Waals surface area contributed by atoms with Crippen LogP contribution in [0.5, 0.6) is 0 Å². The summed E-state index contributed by atoms with van der Waals surface area (Å²) in [4.78, 5) is 0. The molecule has 0 aliphatic carbocycles. The SMILES string of the molecule is CCCCCCCCCCCCCCCCCCCCCCCCCCCCCCCCCCCCCCCCCCCCCCCCCCCCCCCCCCCCCCCCCCCCCCCCCCCCCCCCCCCCC. The zero-order valence-electron chi connectivity index (χ0n) is 60.7. The summed E-state index contributed by atoms with van der Waals surface area (Å²) < 4.78 is 0. The Morgan fingerprint density at radius 1 is 0.0588 bits per heavy atom. The van der Waals surface area contributed by atoms with Crippen molar-refractivity contribution >= 4 is 0 Å². The molecule has 0 heterocycles. The molecule has 0 fully saturated rings. The zero-order chi connectivity index (χ0) is 60.7. The molecule has 0 spiro atoms. The van der Waals surface area contributed by atoms with E-state index in [9.17, 15) is 0 Å². The summed E-state index contributed by atoms with van der Waals surface area (Å²) in [6.07, 6.45) is 124. The van der Waals surface area contributed by atoms with Gasteiger partial charge in [0.05, 0.1) is 0 Å². The van der Waals surface area contributed by atoms with Crippen LogP contribution < -0.4 is 0 Å². The van der Waals surface area contributed by atoms with Crippen molar-refractivity contribution in [2.75, 3.05) is 0 Å². The molecular weight excluding hydrogens is 1020 g/mol. The maximum Gasteiger partial charge on any atom is -0.0533 e. The maximum absolute atomic E-state index is 2.32. The average molecular weight is 1190 g/mol. The molecule has 0 radical (unpaired) electrons. The highest BCUT2D eigenvalue weighted by Crippen LogP contribution is 2.22. The smallest absolute Gasteiger partial charge is 0.0533 e. The van der Waals surface area contributed by atoms with Gasteiger partial charge in [-0.15, -0.1) is 0 Å². The Morgan fingerprint density at radius 3 is 0.129 bits per heavy atom. The highest BCUT2D eigenvalue weighted by Gasteiger charge is 2.02. The van der Waals surface area contributed by atoms with Crippen LogP contribution in [0.1, 0.15) is 547 Å². The van der Waals surface area contributed by atoms with Gasteiger partial charge in [0.25, 0.3) is 0 Å². The van der Waals surface area contributed by atoms with Crippen LogP contribution in [0.2, 0.25) is 0 Å². The Morgan fingerprint density at radius 2 is 0.0941 bits per heavy atom. The topological polar surface area (TPSA) is 0 Å². The van der Waals surface area contributed by atoms with Crippen molar-refractivity contribution in [2.45, 2.75) is 547 Å². The van der Waals surface area contributed by atoms with Gasteiger partial charge in [0.1, 0.15) is 0 Å². The molecule has 0 heteroatoms. The summed E-state index contributed by atoms with van der Waals surface area (Å²) in [5.41, 5.74) is 0. The van der Waals surface area contributed by atoms with Gasteiger partial charge < -0.3 is 0 Å². The lowest BCUT2D eigenvalue weighted by atomic mass is 10.0. The Hall–Kier alpha value is 0. The second kappa shape index (κ2) is 84.0. The third-order valence-corrected chi connectivity index (χ3v) is 20.7. The lowest BCUT2D eigenvalue weighted by Crippen LogP contribution is -1.85. The molecule has 0 aromatic carbocycles. The number of unbranched alkanes of at least 4 members (excludes halogenated alkanes) is 82. The standard InChI is InChI=1S/C85H172/c1-3-5-7-9-11-13-15-17-19-21-23-25-27-29-31-33-35-37-39-41-43-45-47-49-51-53-55-57-59-61-63-65-67-69-71-73-75-77-79-81-83-85-84-82-80-78-76-74-72-70-68-66-64-62-60-58-56-54-52-50-48-46-44-42-40-38-36-34-32-30-28-26-24-22-20-18-16-14-12-10-8-6-4-2/h3-85H2,1-2H3. The molecule has 0 unspecified atom stereocenters. The van der Waals surface area contributed by atoms with Gasteiger partial charge in [-0.1, -0.05) is 547 Å². The summed E-state index contributed by atoms with van der Waals surface area (Å²) in [5, 5.41) is 0. The fourth-order valence-electron chi connectivity index (χ4n) is 14.5. The average Bonchev–Trinajstić information content (AvgIpc) is 3.51. The van der Waals surface area contributed by atoms with Gasteiger partial charge >= 0.3 is 0 Å². The number of rotatable bonds is 82. The highest BCUT2D eigenvalue weighted by molar-refractivity contribution is 4.58. The van der Waals surface area contributed by atoms with Crippen LogP contribution in [-0.4, -0.2) is 0 Å². The fourth-order valence-corrected chi connectivity index (χ4v) is 14.5. The molecule has 0 aliphatic rings. The van der Waals surface area contributed by atoms with Crippen molar-refractivity contribution in [1.29, 1.82) is 0 Å². The van der Waals surface area contributed by atoms with E-state index in [-0.39, 0.29) is 0 Å². The van der Waals surface area contributed by atoms with E-state index in [4.69, 9.17) is 0 Å². The molecular formula is C85H172. The summed E-state index contributed by atoms with van der Waals surface area (Å²) in [5.74, 6) is 0. The first-order chi connectivity index (χ1) is 42.4. The molecule has 0 aromatic heterocycles. The predicted octanol–water partition coefficient (Wildman–Crippen LogP) is 33.4. The molecule has 0 N–H and O–H groups in total. The third-order valence-electron chi connectivity index (χ3n) is 20.7. The second-order valence-electron chi connectivity index (χ2n) is 29.6. The monoisotopic (exact) mass is 1190 g/mol. The number of hydrogen-bond acceptors (Lipinski definition) is 0. The molecule has 0 saturated carbocycles. The fraction of sp³-hybridized carbons (Fsp3) is 1.00. The molecule has 0 bridgehead atoms. The maximum atomic E-state index is 2.32. The Bertz CT molecular complexity index is 976. The van der Waals surface area contributed by atoms with Crippen molar-refractivity contribution in [3.63, 3.8) is 0 Å². The highest BCUT2D eigenvalue weighted by atomic mass is 14.1. The molecule has 512 valence electrons. The quantitative estimate of drug-likeness (QED) is 0.0533. The predicted molar refractivity (Wildman–Crippen MR) is 395 cm³/mol. The molecule has 85 heavy (non-hydrogen) atoms. The minimum atomic E-state index is 1.37. The van der Waals surface area contributed by atoms with Crippen LogP contribution in [0.25, 0.3) is 0 Å². The molecule has 0 aliphatic heterocycles. The van der Waals surface area contributed by atoms with Gasteiger partial charge in [-0.2, -0.15) is 0 Å². The Balaban J connectivity index is 3.08. The van der Waals surface area contributed by atoms with E-state index in [2.05, 4.69) is 13.8 Å². The van der Waals surface area contributed by atoms with Gasteiger partial charge in [-0.05, 0) is 0 Å². The summed E-state index contributed by atoms with van der Waals surface area (Å²) in [6, 6.07) is 0. The van der Waals surface area contributed by atoms with Crippen molar-refractivity contribution in [2.24, 2.45) is 0 Å². The first kappa shape index (κ1) is 85.0. The minimum absolute atomic E-state index is 1.37. The van der Waals surface area contributed by atoms with E-state index >= 15 is 0 Å². The zero-order valence-corrected chi connectivity index (χ0v) is 60.7. The second-order valence-corrected chi connectivity index (χ2v) is 29.6. The van der Waals surface area contributed by atoms with Crippen LogP contribution >= 0.6 is 0 Å². The summed E-state index contributed by atoms with van der Waals surface area (Å²) in [7, 11) is 0. The van der Waals surface area contributed by atoms with E-state index in [1.807, 2.05) is 0 Å². The van der Waals surface area contributed by atoms with Crippen LogP contribution in [0.15, 0.2) is 0 Å². The first-order valence-corrected chi connectivity index (χ1v) is 42.4. The third kappa shape index (κ3) is 84.0. The minimum Gasteiger partial charge on any atom is -0.0654 e. The van der Waals surface area contributed by atoms with Crippen LogP contribution in [0.3, 0.4) is 0 Å². The summed E-state index contributed by atoms with van der Waals surface area (Å²) in [6.45, 7) is 4.63. The molecule has 0 aromatic rings. The number of hydrogen-bond donors (Lipinski definition) is 0. The molecule has 0 atom stereocenters. The van der Waals surface area contributed by atoms with E-state index in [0.29, 0.717) is 0 Å². The van der Waals surface area contributed by atoms with Crippen LogP contribution in [0, 0.1) is 0 Å². The molecule has 0 nitrogen and oxygen atoms in total. The van der Waals surface area contributed by atoms with Crippen LogP contribution in [0.4, 0.5) is 0 Å². The Labute approximate surface area is 543 Å². The first-order valence-electron chi connectivity index (χ1n) is 42.4. The summed E-state index contributed by atoms with van der Waals surface area (Å²) >= 11 is 0. The van der Waals surface area contributed by atoms with Crippen molar-refractivity contribution < 1.29 is 0 Å². The lowest BCUT2D eigenvalue weighted by molar-refractivity contribution is 0.505. The Kier molecular flexibility index (Phi) is 84.0. The van der Waals surface area contributed by atoms with Gasteiger partial charge in [-0.25, -0.2) is 0 Å². The van der Waals surface area contributed by atoms with Crippen molar-refractivity contribution in [3.05, 3.63) is 0 Å². The van der Waals surface area contributed by atoms with Gasteiger partial charge in [0, 0.05) is 0 Å². The largest absolute Gasteiger partial charge is 0.0654 e. The van der Waals surface area contributed by atoms with E-state index in [1.165, 1.54) is 533 Å². The van der Waals surface area contributed by atoms with Gasteiger partial charge in [-0.3, -0.25) is 0 Å². The van der Waals surface area contributed by atoms with E-state index < -0.39 is 0 Å². The van der Waals surface area contributed by atoms with Crippen LogP contribution in [-0.2, 0) is 0 Å². The molecule has 0 amide bonds. The van der Waals surface area contributed by atoms with E-state index in [0.717, 1.165) is 0 Å².